The fraction of sp³-hybridized carbons (Fsp3) is 0.769. The van der Waals surface area contributed by atoms with Gasteiger partial charge in [0.2, 0.25) is 0 Å². The number of nitrogens with one attached hydrogen (secondary N) is 1. The van der Waals surface area contributed by atoms with E-state index in [1.165, 1.54) is 5.69 Å². The van der Waals surface area contributed by atoms with Crippen LogP contribution in [0, 0.1) is 0 Å². The Labute approximate surface area is 123 Å². The summed E-state index contributed by atoms with van der Waals surface area (Å²) in [4.78, 5) is 0. The van der Waals surface area contributed by atoms with Crippen molar-refractivity contribution in [3.63, 3.8) is 0 Å². The number of aromatic nitrogens is 2. The van der Waals surface area contributed by atoms with Crippen LogP contribution in [0.5, 0.6) is 0 Å². The molecule has 1 unspecified atom stereocenters. The van der Waals surface area contributed by atoms with Gasteiger partial charge in [-0.15, -0.1) is 11.6 Å². The summed E-state index contributed by atoms with van der Waals surface area (Å²) in [5.74, 6) is 0. The van der Waals surface area contributed by atoms with Crippen molar-refractivity contribution in [1.29, 1.82) is 0 Å². The van der Waals surface area contributed by atoms with Crippen LogP contribution in [0.3, 0.4) is 0 Å². The van der Waals surface area contributed by atoms with Crippen molar-refractivity contribution in [3.05, 3.63) is 15.9 Å². The molecule has 0 aliphatic rings. The van der Waals surface area contributed by atoms with Gasteiger partial charge in [-0.3, -0.25) is 4.68 Å². The summed E-state index contributed by atoms with van der Waals surface area (Å²) in [5, 5.41) is 8.31. The summed E-state index contributed by atoms with van der Waals surface area (Å²) in [6.45, 7) is 9.06. The van der Waals surface area contributed by atoms with Crippen molar-refractivity contribution in [1.82, 2.24) is 15.1 Å². The molecule has 0 radical (unpaired) electrons. The van der Waals surface area contributed by atoms with Crippen LogP contribution in [-0.2, 0) is 19.5 Å². The van der Waals surface area contributed by atoms with Crippen LogP contribution in [-0.4, -0.2) is 21.7 Å². The average molecular weight is 337 g/mol. The van der Waals surface area contributed by atoms with E-state index in [9.17, 15) is 0 Å². The van der Waals surface area contributed by atoms with E-state index in [-0.39, 0.29) is 5.38 Å². The van der Waals surface area contributed by atoms with Gasteiger partial charge in [0.05, 0.1) is 15.9 Å². The van der Waals surface area contributed by atoms with Gasteiger partial charge in [0.15, 0.2) is 0 Å². The summed E-state index contributed by atoms with van der Waals surface area (Å²) < 4.78 is 3.23. The molecule has 0 aromatic carbocycles. The lowest BCUT2D eigenvalue weighted by molar-refractivity contribution is 0.561. The maximum Gasteiger partial charge on any atom is 0.0767 e. The first-order valence-corrected chi connectivity index (χ1v) is 7.91. The second kappa shape index (κ2) is 8.18. The van der Waals surface area contributed by atoms with Crippen LogP contribution < -0.4 is 5.32 Å². The number of halogens is 2. The predicted molar refractivity (Wildman–Crippen MR) is 81.2 cm³/mol. The molecule has 0 saturated heterocycles. The second-order valence-corrected chi connectivity index (χ2v) is 6.01. The molecule has 5 heteroatoms. The monoisotopic (exact) mass is 335 g/mol. The Balaban J connectivity index is 2.48. The van der Waals surface area contributed by atoms with E-state index >= 15 is 0 Å². The van der Waals surface area contributed by atoms with Crippen molar-refractivity contribution < 1.29 is 0 Å². The van der Waals surface area contributed by atoms with Gasteiger partial charge >= 0.3 is 0 Å². The van der Waals surface area contributed by atoms with E-state index in [0.717, 1.165) is 49.1 Å². The van der Waals surface area contributed by atoms with E-state index in [0.29, 0.717) is 0 Å². The van der Waals surface area contributed by atoms with Gasteiger partial charge in [-0.05, 0) is 55.6 Å². The first kappa shape index (κ1) is 16.0. The number of hydrogen-bond acceptors (Lipinski definition) is 2. The fourth-order valence-corrected chi connectivity index (χ4v) is 2.76. The lowest BCUT2D eigenvalue weighted by Gasteiger charge is -2.08. The molecule has 1 N–H and O–H groups in total. The van der Waals surface area contributed by atoms with Crippen LogP contribution in [0.15, 0.2) is 4.47 Å². The largest absolute Gasteiger partial charge is 0.311 e. The summed E-state index contributed by atoms with van der Waals surface area (Å²) in [6.07, 6.45) is 3.14. The van der Waals surface area contributed by atoms with E-state index in [1.807, 2.05) is 6.92 Å². The number of aryl methyl sites for hydroxylation is 2. The predicted octanol–water partition coefficient (Wildman–Crippen LogP) is 3.73. The van der Waals surface area contributed by atoms with Crippen LogP contribution >= 0.6 is 27.5 Å². The molecular formula is C13H23BrClN3. The summed E-state index contributed by atoms with van der Waals surface area (Å²) in [6, 6.07) is 0. The van der Waals surface area contributed by atoms with E-state index < -0.39 is 0 Å². The topological polar surface area (TPSA) is 29.9 Å². The summed E-state index contributed by atoms with van der Waals surface area (Å²) >= 11 is 9.57. The molecule has 0 aliphatic heterocycles. The molecule has 0 amide bonds. The van der Waals surface area contributed by atoms with Gasteiger partial charge in [-0.25, -0.2) is 0 Å². The van der Waals surface area contributed by atoms with Gasteiger partial charge in [0, 0.05) is 18.5 Å². The molecule has 18 heavy (non-hydrogen) atoms. The molecule has 1 heterocycles. The molecule has 1 rings (SSSR count). The molecule has 1 atom stereocenters. The van der Waals surface area contributed by atoms with E-state index in [2.05, 4.69) is 44.9 Å². The third-order valence-electron chi connectivity index (χ3n) is 2.94. The van der Waals surface area contributed by atoms with Gasteiger partial charge in [0.1, 0.15) is 0 Å². The van der Waals surface area contributed by atoms with Crippen LogP contribution in [0.4, 0.5) is 0 Å². The molecule has 0 fully saturated rings. The zero-order chi connectivity index (χ0) is 13.5. The minimum atomic E-state index is 0.270. The highest BCUT2D eigenvalue weighted by atomic mass is 79.9. The third-order valence-corrected chi connectivity index (χ3v) is 4.08. The number of hydrogen-bond donors (Lipinski definition) is 1. The van der Waals surface area contributed by atoms with Crippen molar-refractivity contribution in [2.45, 2.75) is 58.5 Å². The van der Waals surface area contributed by atoms with Gasteiger partial charge in [0.25, 0.3) is 0 Å². The summed E-state index contributed by atoms with van der Waals surface area (Å²) in [5.41, 5.74) is 2.39. The third kappa shape index (κ3) is 4.56. The minimum absolute atomic E-state index is 0.270. The highest BCUT2D eigenvalue weighted by Gasteiger charge is 2.12. The lowest BCUT2D eigenvalue weighted by Crippen LogP contribution is -2.18. The Morgan fingerprint density at radius 2 is 2.17 bits per heavy atom. The smallest absolute Gasteiger partial charge is 0.0767 e. The van der Waals surface area contributed by atoms with E-state index in [4.69, 9.17) is 11.6 Å². The molecular weight excluding hydrogens is 314 g/mol. The normalized spacial score (nSPS) is 12.9. The molecule has 0 aliphatic carbocycles. The van der Waals surface area contributed by atoms with E-state index in [1.54, 1.807) is 0 Å². The SMILES string of the molecule is CCc1nn(CC)c(CNCCCC(C)Cl)c1Br. The molecule has 1 aromatic rings. The maximum absolute atomic E-state index is 5.92. The molecule has 3 nitrogen and oxygen atoms in total. The Bertz CT molecular complexity index is 363. The Morgan fingerprint density at radius 1 is 1.44 bits per heavy atom. The van der Waals surface area contributed by atoms with Crippen molar-refractivity contribution in [2.24, 2.45) is 0 Å². The molecule has 0 bridgehead atoms. The quantitative estimate of drug-likeness (QED) is 0.579. The highest BCUT2D eigenvalue weighted by Crippen LogP contribution is 2.22. The highest BCUT2D eigenvalue weighted by molar-refractivity contribution is 9.10. The van der Waals surface area contributed by atoms with Gasteiger partial charge in [-0.2, -0.15) is 5.10 Å². The van der Waals surface area contributed by atoms with Crippen LogP contribution in [0.2, 0.25) is 0 Å². The maximum atomic E-state index is 5.92. The van der Waals surface area contributed by atoms with Crippen molar-refractivity contribution in [2.75, 3.05) is 6.54 Å². The average Bonchev–Trinajstić information content (AvgIpc) is 2.65. The zero-order valence-electron chi connectivity index (χ0n) is 11.5. The first-order valence-electron chi connectivity index (χ1n) is 6.68. The number of rotatable bonds is 8. The fourth-order valence-electron chi connectivity index (χ4n) is 1.90. The first-order chi connectivity index (χ1) is 8.60. The van der Waals surface area contributed by atoms with Crippen LogP contribution in [0.1, 0.15) is 45.0 Å². The van der Waals surface area contributed by atoms with Crippen molar-refractivity contribution in [3.8, 4) is 0 Å². The van der Waals surface area contributed by atoms with Gasteiger partial charge in [-0.1, -0.05) is 6.92 Å². The Morgan fingerprint density at radius 3 is 2.72 bits per heavy atom. The van der Waals surface area contributed by atoms with Crippen molar-refractivity contribution >= 4 is 27.5 Å². The van der Waals surface area contributed by atoms with Gasteiger partial charge < -0.3 is 5.32 Å². The second-order valence-electron chi connectivity index (χ2n) is 4.48. The standard InChI is InChI=1S/C13H23BrClN3/c1-4-11-13(14)12(18(5-2)17-11)9-16-8-6-7-10(3)15/h10,16H,4-9H2,1-3H3. The Hall–Kier alpha value is -0.0600. The summed E-state index contributed by atoms with van der Waals surface area (Å²) in [7, 11) is 0. The molecule has 0 spiro atoms. The molecule has 0 saturated carbocycles. The number of alkyl halides is 1. The zero-order valence-corrected chi connectivity index (χ0v) is 13.8. The lowest BCUT2D eigenvalue weighted by atomic mass is 10.2. The Kier molecular flexibility index (Phi) is 7.27. The van der Waals surface area contributed by atoms with Crippen LogP contribution in [0.25, 0.3) is 0 Å². The molecule has 1 aromatic heterocycles. The molecule has 104 valence electrons. The minimum Gasteiger partial charge on any atom is -0.311 e. The number of nitrogens with zero attached hydrogens (tertiary/aromatic N) is 2.